The topological polar surface area (TPSA) is 91.6 Å². The van der Waals surface area contributed by atoms with Gasteiger partial charge >= 0.3 is 5.97 Å². The summed E-state index contributed by atoms with van der Waals surface area (Å²) in [5.41, 5.74) is 2.70. The minimum Gasteiger partial charge on any atom is -0.481 e. The van der Waals surface area contributed by atoms with Gasteiger partial charge in [0.1, 0.15) is 6.54 Å². The molecule has 1 amide bonds. The number of carboxylic acids is 1. The van der Waals surface area contributed by atoms with Crippen LogP contribution in [0, 0.1) is 5.92 Å². The molecule has 9 heteroatoms. The molecule has 1 N–H and O–H groups in total. The van der Waals surface area contributed by atoms with Gasteiger partial charge in [-0.05, 0) is 6.07 Å². The lowest BCUT2D eigenvalue weighted by molar-refractivity contribution is -0.143. The lowest BCUT2D eigenvalue weighted by Gasteiger charge is -2.22. The monoisotopic (exact) mass is 349 g/mol. The molecule has 0 aromatic carbocycles. The Balaban J connectivity index is 1.66. The molecule has 0 aliphatic carbocycles. The molecule has 1 atom stereocenters. The molecule has 1 aliphatic heterocycles. The summed E-state index contributed by atoms with van der Waals surface area (Å²) in [7, 11) is 0. The Morgan fingerprint density at radius 1 is 1.33 bits per heavy atom. The Bertz CT molecular complexity index is 673. The fourth-order valence-corrected chi connectivity index (χ4v) is 3.33. The van der Waals surface area contributed by atoms with Crippen LogP contribution in [0.5, 0.6) is 0 Å². The summed E-state index contributed by atoms with van der Waals surface area (Å²) in [5, 5.41) is 15.5. The first-order valence-electron chi connectivity index (χ1n) is 7.69. The third-order valence-corrected chi connectivity index (χ3v) is 4.67. The Labute approximate surface area is 143 Å². The summed E-state index contributed by atoms with van der Waals surface area (Å²) in [5.74, 6) is -1.59. The molecular weight excluding hydrogens is 330 g/mol. The van der Waals surface area contributed by atoms with Gasteiger partial charge in [0.15, 0.2) is 0 Å². The van der Waals surface area contributed by atoms with Crippen LogP contribution in [-0.4, -0.2) is 67.7 Å². The minimum absolute atomic E-state index is 0.111. The summed E-state index contributed by atoms with van der Waals surface area (Å²) in [6, 6.07) is 1.76. The second-order valence-corrected chi connectivity index (χ2v) is 6.51. The average molecular weight is 349 g/mol. The summed E-state index contributed by atoms with van der Waals surface area (Å²) in [6.07, 6.45) is 3.34. The van der Waals surface area contributed by atoms with Crippen LogP contribution in [-0.2, 0) is 22.7 Å². The van der Waals surface area contributed by atoms with E-state index in [9.17, 15) is 14.7 Å². The van der Waals surface area contributed by atoms with E-state index in [0.29, 0.717) is 26.2 Å². The highest BCUT2D eigenvalue weighted by Gasteiger charge is 2.30. The molecule has 1 aliphatic rings. The van der Waals surface area contributed by atoms with Crippen LogP contribution >= 0.6 is 11.3 Å². The number of thiazole rings is 1. The van der Waals surface area contributed by atoms with Gasteiger partial charge in [0.05, 0.1) is 17.1 Å². The number of nitrogens with zero attached hydrogens (tertiary/aromatic N) is 5. The fourth-order valence-electron chi connectivity index (χ4n) is 2.78. The van der Waals surface area contributed by atoms with Crippen LogP contribution in [0.3, 0.4) is 0 Å². The van der Waals surface area contributed by atoms with E-state index in [0.717, 1.165) is 5.69 Å². The number of carboxylic acid groups (broad SMARTS) is 1. The smallest absolute Gasteiger partial charge is 0.309 e. The summed E-state index contributed by atoms with van der Waals surface area (Å²) in [4.78, 5) is 31.9. The van der Waals surface area contributed by atoms with E-state index in [-0.39, 0.29) is 19.0 Å². The summed E-state index contributed by atoms with van der Waals surface area (Å²) >= 11 is 1.52. The number of carbonyl (C=O) groups excluding carboxylic acids is 1. The molecule has 0 spiro atoms. The maximum atomic E-state index is 12.5. The Morgan fingerprint density at radius 2 is 2.21 bits per heavy atom. The molecule has 8 nitrogen and oxygen atoms in total. The van der Waals surface area contributed by atoms with Gasteiger partial charge in [0.25, 0.3) is 0 Å². The Hall–Kier alpha value is -2.26. The van der Waals surface area contributed by atoms with Crippen LogP contribution < -0.4 is 0 Å². The molecule has 0 radical (unpaired) electrons. The van der Waals surface area contributed by atoms with Gasteiger partial charge in [-0.25, -0.2) is 4.98 Å². The van der Waals surface area contributed by atoms with Gasteiger partial charge in [0, 0.05) is 50.5 Å². The molecular formula is C15H19N5O3S. The first-order valence-corrected chi connectivity index (χ1v) is 8.63. The van der Waals surface area contributed by atoms with Crippen LogP contribution in [0.15, 0.2) is 29.4 Å². The van der Waals surface area contributed by atoms with Gasteiger partial charge in [-0.15, -0.1) is 11.3 Å². The molecule has 3 heterocycles. The van der Waals surface area contributed by atoms with Crippen molar-refractivity contribution >= 4 is 23.2 Å². The van der Waals surface area contributed by atoms with Gasteiger partial charge in [0.2, 0.25) is 5.91 Å². The van der Waals surface area contributed by atoms with E-state index in [1.807, 2.05) is 5.38 Å². The maximum absolute atomic E-state index is 12.5. The largest absolute Gasteiger partial charge is 0.481 e. The van der Waals surface area contributed by atoms with E-state index in [2.05, 4.69) is 15.0 Å². The van der Waals surface area contributed by atoms with Gasteiger partial charge in [-0.3, -0.25) is 19.2 Å². The lowest BCUT2D eigenvalue weighted by Crippen LogP contribution is -2.39. The normalized spacial score (nSPS) is 19.2. The predicted octanol–water partition coefficient (Wildman–Crippen LogP) is 0.385. The first kappa shape index (κ1) is 16.6. The molecule has 0 bridgehead atoms. The van der Waals surface area contributed by atoms with Crippen molar-refractivity contribution in [3.8, 4) is 0 Å². The van der Waals surface area contributed by atoms with Crippen LogP contribution in [0.1, 0.15) is 5.69 Å². The van der Waals surface area contributed by atoms with E-state index < -0.39 is 11.9 Å². The predicted molar refractivity (Wildman–Crippen MR) is 87.3 cm³/mol. The summed E-state index contributed by atoms with van der Waals surface area (Å²) < 4.78 is 1.55. The highest BCUT2D eigenvalue weighted by atomic mass is 32.1. The maximum Gasteiger partial charge on any atom is 0.309 e. The van der Waals surface area contributed by atoms with Crippen molar-refractivity contribution in [2.75, 3.05) is 26.2 Å². The third kappa shape index (κ3) is 4.18. The zero-order chi connectivity index (χ0) is 16.9. The standard InChI is InChI=1S/C15H19N5O3S/c21-14(9-20-3-1-2-17-20)19-5-4-18(6-12(7-19)15(22)23)8-13-10-24-11-16-13/h1-3,10-12H,4-9H2,(H,22,23). The van der Waals surface area contributed by atoms with Gasteiger partial charge in [-0.1, -0.05) is 0 Å². The van der Waals surface area contributed by atoms with Crippen molar-refractivity contribution in [1.82, 2.24) is 24.6 Å². The van der Waals surface area contributed by atoms with Crippen molar-refractivity contribution in [2.24, 2.45) is 5.92 Å². The first-order chi connectivity index (χ1) is 11.6. The van der Waals surface area contributed by atoms with E-state index >= 15 is 0 Å². The zero-order valence-electron chi connectivity index (χ0n) is 13.1. The minimum atomic E-state index is -0.878. The van der Waals surface area contributed by atoms with Crippen LogP contribution in [0.2, 0.25) is 0 Å². The number of aromatic nitrogens is 3. The molecule has 2 aromatic heterocycles. The Kier molecular flexibility index (Phi) is 5.21. The van der Waals surface area contributed by atoms with E-state index in [1.54, 1.807) is 33.6 Å². The van der Waals surface area contributed by atoms with Crippen LogP contribution in [0.25, 0.3) is 0 Å². The molecule has 0 saturated carbocycles. The van der Waals surface area contributed by atoms with Crippen molar-refractivity contribution in [1.29, 1.82) is 0 Å². The van der Waals surface area contributed by atoms with Crippen LogP contribution in [0.4, 0.5) is 0 Å². The van der Waals surface area contributed by atoms with Crippen molar-refractivity contribution < 1.29 is 14.7 Å². The number of hydrogen-bond donors (Lipinski definition) is 1. The van der Waals surface area contributed by atoms with Gasteiger partial charge in [-0.2, -0.15) is 5.10 Å². The lowest BCUT2D eigenvalue weighted by atomic mass is 10.1. The second kappa shape index (κ2) is 7.54. The molecule has 128 valence electrons. The molecule has 1 saturated heterocycles. The van der Waals surface area contributed by atoms with Gasteiger partial charge < -0.3 is 10.0 Å². The number of carbonyl (C=O) groups is 2. The highest BCUT2D eigenvalue weighted by Crippen LogP contribution is 2.14. The average Bonchev–Trinajstić information content (AvgIpc) is 3.19. The third-order valence-electron chi connectivity index (χ3n) is 4.03. The van der Waals surface area contributed by atoms with Crippen molar-refractivity contribution in [3.05, 3.63) is 35.0 Å². The SMILES string of the molecule is O=C(O)C1CN(Cc2cscn2)CCN(C(=O)Cn2cccn2)C1. The zero-order valence-corrected chi connectivity index (χ0v) is 13.9. The Morgan fingerprint density at radius 3 is 2.88 bits per heavy atom. The molecule has 24 heavy (non-hydrogen) atoms. The van der Waals surface area contributed by atoms with Crippen molar-refractivity contribution in [2.45, 2.75) is 13.1 Å². The van der Waals surface area contributed by atoms with E-state index in [1.165, 1.54) is 11.3 Å². The number of amides is 1. The second-order valence-electron chi connectivity index (χ2n) is 5.79. The fraction of sp³-hybridized carbons (Fsp3) is 0.467. The molecule has 1 unspecified atom stereocenters. The quantitative estimate of drug-likeness (QED) is 0.839. The highest BCUT2D eigenvalue weighted by molar-refractivity contribution is 7.07. The molecule has 1 fully saturated rings. The number of aliphatic carboxylic acids is 1. The van der Waals surface area contributed by atoms with Crippen molar-refractivity contribution in [3.63, 3.8) is 0 Å². The molecule has 2 aromatic rings. The summed E-state index contributed by atoms with van der Waals surface area (Å²) in [6.45, 7) is 2.52. The number of rotatable bonds is 5. The van der Waals surface area contributed by atoms with E-state index in [4.69, 9.17) is 0 Å². The molecule has 3 rings (SSSR count). The number of hydrogen-bond acceptors (Lipinski definition) is 6.